The molecule has 2 aromatic rings. The average molecular weight is 294 g/mol. The van der Waals surface area contributed by atoms with Gasteiger partial charge in [-0.1, -0.05) is 0 Å². The number of ether oxygens (including phenoxy) is 3. The molecule has 3 N–H and O–H groups in total. The third-order valence-corrected chi connectivity index (χ3v) is 2.89. The molecule has 1 aromatic carbocycles. The molecule has 0 saturated heterocycles. The van der Waals surface area contributed by atoms with E-state index in [1.54, 1.807) is 12.1 Å². The van der Waals surface area contributed by atoms with Crippen LogP contribution in [0.1, 0.15) is 10.5 Å². The largest absolute Gasteiger partial charge is 0.493 e. The first-order chi connectivity index (χ1) is 10.0. The molecule has 0 aliphatic heterocycles. The third-order valence-electron chi connectivity index (χ3n) is 2.89. The fourth-order valence-electron chi connectivity index (χ4n) is 1.99. The zero-order chi connectivity index (χ0) is 15.6. The number of aromatic carboxylic acids is 1. The number of methoxy groups -OCH3 is 3. The van der Waals surface area contributed by atoms with Crippen molar-refractivity contribution < 1.29 is 24.1 Å². The second-order valence-electron chi connectivity index (χ2n) is 4.05. The van der Waals surface area contributed by atoms with Crippen LogP contribution in [0.5, 0.6) is 17.2 Å². The van der Waals surface area contributed by atoms with Crippen LogP contribution in [0.15, 0.2) is 16.9 Å². The van der Waals surface area contributed by atoms with Gasteiger partial charge >= 0.3 is 11.7 Å². The molecule has 0 aliphatic rings. The molecule has 1 heterocycles. The number of aromatic nitrogens is 2. The number of hydrogen-bond acceptors (Lipinski definition) is 5. The Morgan fingerprint density at radius 2 is 1.62 bits per heavy atom. The topological polar surface area (TPSA) is 114 Å². The number of carbonyl (C=O) groups is 1. The maximum absolute atomic E-state index is 11.4. The predicted octanol–water partition coefficient (Wildman–Crippen LogP) is 1.09. The quantitative estimate of drug-likeness (QED) is 0.760. The van der Waals surface area contributed by atoms with E-state index in [-0.39, 0.29) is 11.4 Å². The number of nitrogens with one attached hydrogen (secondary N) is 2. The fourth-order valence-corrected chi connectivity index (χ4v) is 1.99. The lowest BCUT2D eigenvalue weighted by Gasteiger charge is -2.13. The highest BCUT2D eigenvalue weighted by atomic mass is 16.5. The molecule has 1 aromatic heterocycles. The molecule has 8 heteroatoms. The van der Waals surface area contributed by atoms with Crippen molar-refractivity contribution in [3.63, 3.8) is 0 Å². The van der Waals surface area contributed by atoms with Gasteiger partial charge in [0, 0.05) is 5.56 Å². The Kier molecular flexibility index (Phi) is 3.88. The van der Waals surface area contributed by atoms with Crippen LogP contribution in [-0.2, 0) is 0 Å². The van der Waals surface area contributed by atoms with Crippen LogP contribution in [-0.4, -0.2) is 42.4 Å². The molecule has 112 valence electrons. The first-order valence-electron chi connectivity index (χ1n) is 5.87. The van der Waals surface area contributed by atoms with E-state index < -0.39 is 11.7 Å². The Balaban J connectivity index is 2.70. The molecule has 0 atom stereocenters. The van der Waals surface area contributed by atoms with Crippen molar-refractivity contribution in [1.29, 1.82) is 0 Å². The number of carboxylic acids is 1. The van der Waals surface area contributed by atoms with Crippen LogP contribution in [0, 0.1) is 0 Å². The number of rotatable bonds is 5. The van der Waals surface area contributed by atoms with Crippen molar-refractivity contribution in [3.05, 3.63) is 28.3 Å². The summed E-state index contributed by atoms with van der Waals surface area (Å²) in [6.45, 7) is 0. The SMILES string of the molecule is COc1cc(-c2[nH]c(=O)[nH]c2C(=O)O)cc(OC)c1OC. The summed E-state index contributed by atoms with van der Waals surface area (Å²) in [5.41, 5.74) is -0.308. The van der Waals surface area contributed by atoms with Crippen LogP contribution in [0.2, 0.25) is 0 Å². The Labute approximate surface area is 119 Å². The Morgan fingerprint density at radius 1 is 1.05 bits per heavy atom. The van der Waals surface area contributed by atoms with Gasteiger partial charge in [0.1, 0.15) is 0 Å². The van der Waals surface area contributed by atoms with Gasteiger partial charge in [0.2, 0.25) is 5.75 Å². The normalized spacial score (nSPS) is 10.2. The molecule has 0 bridgehead atoms. The van der Waals surface area contributed by atoms with Crippen LogP contribution < -0.4 is 19.9 Å². The number of benzene rings is 1. The molecular formula is C13H14N2O6. The van der Waals surface area contributed by atoms with Crippen molar-refractivity contribution in [3.8, 4) is 28.5 Å². The molecule has 0 fully saturated rings. The number of H-pyrrole nitrogens is 2. The van der Waals surface area contributed by atoms with Gasteiger partial charge in [0.25, 0.3) is 0 Å². The summed E-state index contributed by atoms with van der Waals surface area (Å²) in [7, 11) is 4.35. The molecular weight excluding hydrogens is 280 g/mol. The van der Waals surface area contributed by atoms with E-state index >= 15 is 0 Å². The monoisotopic (exact) mass is 294 g/mol. The van der Waals surface area contributed by atoms with Gasteiger partial charge in [-0.15, -0.1) is 0 Å². The second kappa shape index (κ2) is 5.61. The minimum absolute atomic E-state index is 0.131. The number of aromatic amines is 2. The minimum atomic E-state index is -1.25. The molecule has 21 heavy (non-hydrogen) atoms. The maximum atomic E-state index is 11.4. The summed E-state index contributed by atoms with van der Waals surface area (Å²) >= 11 is 0. The van der Waals surface area contributed by atoms with Crippen molar-refractivity contribution in [1.82, 2.24) is 9.97 Å². The van der Waals surface area contributed by atoms with E-state index in [1.165, 1.54) is 21.3 Å². The van der Waals surface area contributed by atoms with E-state index in [0.717, 1.165) is 0 Å². The van der Waals surface area contributed by atoms with Gasteiger partial charge < -0.3 is 24.3 Å². The minimum Gasteiger partial charge on any atom is -0.493 e. The Hall–Kier alpha value is -2.90. The van der Waals surface area contributed by atoms with E-state index in [0.29, 0.717) is 22.8 Å². The smallest absolute Gasteiger partial charge is 0.354 e. The number of carboxylic acid groups (broad SMARTS) is 1. The second-order valence-corrected chi connectivity index (χ2v) is 4.05. The zero-order valence-electron chi connectivity index (χ0n) is 11.6. The van der Waals surface area contributed by atoms with Crippen LogP contribution in [0.4, 0.5) is 0 Å². The average Bonchev–Trinajstić information content (AvgIpc) is 2.87. The van der Waals surface area contributed by atoms with Crippen molar-refractivity contribution in [2.24, 2.45) is 0 Å². The molecule has 0 amide bonds. The Bertz CT molecular complexity index is 705. The number of imidazole rings is 1. The van der Waals surface area contributed by atoms with E-state index in [2.05, 4.69) is 9.97 Å². The van der Waals surface area contributed by atoms with Crippen molar-refractivity contribution in [2.75, 3.05) is 21.3 Å². The van der Waals surface area contributed by atoms with Gasteiger partial charge in [0.05, 0.1) is 27.0 Å². The van der Waals surface area contributed by atoms with Gasteiger partial charge in [-0.25, -0.2) is 9.59 Å². The summed E-state index contributed by atoms with van der Waals surface area (Å²) < 4.78 is 15.6. The summed E-state index contributed by atoms with van der Waals surface area (Å²) in [5.74, 6) is -0.175. The fraction of sp³-hybridized carbons (Fsp3) is 0.231. The molecule has 2 rings (SSSR count). The number of hydrogen-bond donors (Lipinski definition) is 3. The maximum Gasteiger partial charge on any atom is 0.354 e. The summed E-state index contributed by atoms with van der Waals surface area (Å²) in [6.07, 6.45) is 0. The van der Waals surface area contributed by atoms with E-state index in [4.69, 9.17) is 19.3 Å². The summed E-state index contributed by atoms with van der Waals surface area (Å²) in [4.78, 5) is 27.2. The van der Waals surface area contributed by atoms with Crippen molar-refractivity contribution >= 4 is 5.97 Å². The molecule has 0 radical (unpaired) electrons. The lowest BCUT2D eigenvalue weighted by Crippen LogP contribution is -2.04. The molecule has 0 aliphatic carbocycles. The molecule has 0 unspecified atom stereocenters. The van der Waals surface area contributed by atoms with Gasteiger partial charge in [-0.05, 0) is 12.1 Å². The van der Waals surface area contributed by atoms with Gasteiger partial charge in [0.15, 0.2) is 17.2 Å². The van der Waals surface area contributed by atoms with Crippen LogP contribution >= 0.6 is 0 Å². The van der Waals surface area contributed by atoms with Gasteiger partial charge in [-0.3, -0.25) is 4.98 Å². The first-order valence-corrected chi connectivity index (χ1v) is 5.87. The summed E-state index contributed by atoms with van der Waals surface area (Å²) in [5, 5.41) is 9.12. The highest BCUT2D eigenvalue weighted by Gasteiger charge is 2.20. The molecule has 0 spiro atoms. The van der Waals surface area contributed by atoms with Crippen LogP contribution in [0.3, 0.4) is 0 Å². The Morgan fingerprint density at radius 3 is 2.05 bits per heavy atom. The highest BCUT2D eigenvalue weighted by molar-refractivity contribution is 5.93. The van der Waals surface area contributed by atoms with Crippen LogP contribution in [0.25, 0.3) is 11.3 Å². The summed E-state index contributed by atoms with van der Waals surface area (Å²) in [6, 6.07) is 3.10. The molecule has 0 saturated carbocycles. The standard InChI is InChI=1S/C13H14N2O6/c1-19-7-4-6(5-8(20-2)11(7)21-3)9-10(12(16)17)15-13(18)14-9/h4-5H,1-3H3,(H,16,17)(H2,14,15,18). The molecule has 8 nitrogen and oxygen atoms in total. The van der Waals surface area contributed by atoms with Crippen molar-refractivity contribution in [2.45, 2.75) is 0 Å². The predicted molar refractivity (Wildman–Crippen MR) is 73.5 cm³/mol. The lowest BCUT2D eigenvalue weighted by atomic mass is 10.1. The van der Waals surface area contributed by atoms with E-state index in [1.807, 2.05) is 0 Å². The zero-order valence-corrected chi connectivity index (χ0v) is 11.6. The van der Waals surface area contributed by atoms with Gasteiger partial charge in [-0.2, -0.15) is 0 Å². The highest BCUT2D eigenvalue weighted by Crippen LogP contribution is 2.41. The third kappa shape index (κ3) is 2.55. The first kappa shape index (κ1) is 14.5. The van der Waals surface area contributed by atoms with E-state index in [9.17, 15) is 9.59 Å². The lowest BCUT2D eigenvalue weighted by molar-refractivity contribution is 0.0692.